The van der Waals surface area contributed by atoms with Crippen LogP contribution in [0, 0.1) is 0 Å². The molecule has 0 radical (unpaired) electrons. The molecule has 0 amide bonds. The van der Waals surface area contributed by atoms with Crippen molar-refractivity contribution in [3.8, 4) is 0 Å². The summed E-state index contributed by atoms with van der Waals surface area (Å²) in [6.45, 7) is 10.1. The molecule has 0 bridgehead atoms. The molecule has 1 aromatic heterocycles. The Kier molecular flexibility index (Phi) is 5.10. The fourth-order valence-electron chi connectivity index (χ4n) is 3.76. The van der Waals surface area contributed by atoms with Gasteiger partial charge in [-0.15, -0.1) is 0 Å². The van der Waals surface area contributed by atoms with Gasteiger partial charge in [0, 0.05) is 50.3 Å². The van der Waals surface area contributed by atoms with Gasteiger partial charge in [0.05, 0.1) is 5.52 Å². The van der Waals surface area contributed by atoms with Gasteiger partial charge in [-0.05, 0) is 38.1 Å². The lowest BCUT2D eigenvalue weighted by molar-refractivity contribution is 0.640. The topological polar surface area (TPSA) is 35.5 Å². The lowest BCUT2D eigenvalue weighted by Gasteiger charge is -2.36. The van der Waals surface area contributed by atoms with E-state index in [1.54, 1.807) is 0 Å². The molecule has 0 saturated carbocycles. The summed E-state index contributed by atoms with van der Waals surface area (Å²) in [5.74, 6) is 1.90. The highest BCUT2D eigenvalue weighted by Gasteiger charge is 2.21. The summed E-state index contributed by atoms with van der Waals surface area (Å²) in [4.78, 5) is 16.9. The van der Waals surface area contributed by atoms with Crippen LogP contribution in [0.2, 0.25) is 0 Å². The standard InChI is InChI=1S/C22H27N5/c1-3-25(4-2)21-19-12-8-9-13-20(19)23-22(24-21)27-16-14-26(15-17-27)18-10-6-5-7-11-18/h5-13H,3-4,14-17H2,1-2H3. The lowest BCUT2D eigenvalue weighted by Crippen LogP contribution is -2.47. The number of hydrogen-bond donors (Lipinski definition) is 0. The molecule has 1 fully saturated rings. The van der Waals surface area contributed by atoms with E-state index in [-0.39, 0.29) is 0 Å². The summed E-state index contributed by atoms with van der Waals surface area (Å²) >= 11 is 0. The minimum Gasteiger partial charge on any atom is -0.368 e. The van der Waals surface area contributed by atoms with E-state index in [0.717, 1.165) is 61.9 Å². The van der Waals surface area contributed by atoms with E-state index in [1.165, 1.54) is 5.69 Å². The molecule has 0 spiro atoms. The van der Waals surface area contributed by atoms with Gasteiger partial charge in [-0.25, -0.2) is 4.98 Å². The van der Waals surface area contributed by atoms with Gasteiger partial charge in [-0.3, -0.25) is 0 Å². The van der Waals surface area contributed by atoms with E-state index in [0.29, 0.717) is 0 Å². The average Bonchev–Trinajstić information content (AvgIpc) is 2.75. The van der Waals surface area contributed by atoms with Gasteiger partial charge >= 0.3 is 0 Å². The summed E-state index contributed by atoms with van der Waals surface area (Å²) in [6.07, 6.45) is 0. The first-order valence-electron chi connectivity index (χ1n) is 9.86. The monoisotopic (exact) mass is 361 g/mol. The molecule has 1 aliphatic rings. The number of hydrogen-bond acceptors (Lipinski definition) is 5. The zero-order valence-corrected chi connectivity index (χ0v) is 16.2. The maximum atomic E-state index is 4.99. The van der Waals surface area contributed by atoms with Crippen molar-refractivity contribution in [1.82, 2.24) is 9.97 Å². The molecule has 1 saturated heterocycles. The number of piperazine rings is 1. The number of anilines is 3. The summed E-state index contributed by atoms with van der Waals surface area (Å²) in [6, 6.07) is 19.0. The maximum absolute atomic E-state index is 4.99. The quantitative estimate of drug-likeness (QED) is 0.691. The van der Waals surface area contributed by atoms with Crippen molar-refractivity contribution in [2.75, 3.05) is 54.0 Å². The number of aromatic nitrogens is 2. The Bertz CT molecular complexity index is 884. The molecule has 1 aliphatic heterocycles. The zero-order chi connectivity index (χ0) is 18.6. The van der Waals surface area contributed by atoms with Crippen LogP contribution in [0.1, 0.15) is 13.8 Å². The average molecular weight is 361 g/mol. The largest absolute Gasteiger partial charge is 0.368 e. The number of nitrogens with zero attached hydrogens (tertiary/aromatic N) is 5. The van der Waals surface area contributed by atoms with Gasteiger partial charge in [0.2, 0.25) is 5.95 Å². The molecule has 4 rings (SSSR count). The van der Waals surface area contributed by atoms with Gasteiger partial charge in [-0.2, -0.15) is 4.98 Å². The van der Waals surface area contributed by atoms with E-state index in [2.05, 4.69) is 83.1 Å². The number of rotatable bonds is 5. The SMILES string of the molecule is CCN(CC)c1nc(N2CCN(c3ccccc3)CC2)nc2ccccc12. The predicted molar refractivity (Wildman–Crippen MR) is 114 cm³/mol. The molecule has 0 aliphatic carbocycles. The van der Waals surface area contributed by atoms with E-state index < -0.39 is 0 Å². The second kappa shape index (κ2) is 7.82. The molecule has 5 heteroatoms. The second-order valence-electron chi connectivity index (χ2n) is 6.85. The van der Waals surface area contributed by atoms with Crippen molar-refractivity contribution in [3.63, 3.8) is 0 Å². The fourth-order valence-corrected chi connectivity index (χ4v) is 3.76. The van der Waals surface area contributed by atoms with Crippen molar-refractivity contribution >= 4 is 28.4 Å². The predicted octanol–water partition coefficient (Wildman–Crippen LogP) is 3.80. The third-order valence-electron chi connectivity index (χ3n) is 5.32. The second-order valence-corrected chi connectivity index (χ2v) is 6.85. The third kappa shape index (κ3) is 3.54. The Morgan fingerprint density at radius 2 is 1.41 bits per heavy atom. The molecule has 3 aromatic rings. The van der Waals surface area contributed by atoms with Crippen molar-refractivity contribution in [2.45, 2.75) is 13.8 Å². The van der Waals surface area contributed by atoms with Crippen LogP contribution in [0.3, 0.4) is 0 Å². The molecule has 0 unspecified atom stereocenters. The van der Waals surface area contributed by atoms with E-state index in [1.807, 2.05) is 0 Å². The maximum Gasteiger partial charge on any atom is 0.228 e. The van der Waals surface area contributed by atoms with Crippen LogP contribution in [0.15, 0.2) is 54.6 Å². The molecule has 2 heterocycles. The Labute approximate surface area is 161 Å². The highest BCUT2D eigenvalue weighted by molar-refractivity contribution is 5.90. The van der Waals surface area contributed by atoms with Gasteiger partial charge in [0.25, 0.3) is 0 Å². The highest BCUT2D eigenvalue weighted by atomic mass is 15.3. The first-order valence-corrected chi connectivity index (χ1v) is 9.86. The van der Waals surface area contributed by atoms with Crippen LogP contribution in [0.4, 0.5) is 17.5 Å². The van der Waals surface area contributed by atoms with Crippen LogP contribution in [0.5, 0.6) is 0 Å². The van der Waals surface area contributed by atoms with Gasteiger partial charge in [0.15, 0.2) is 0 Å². The molecule has 0 N–H and O–H groups in total. The van der Waals surface area contributed by atoms with E-state index in [4.69, 9.17) is 9.97 Å². The van der Waals surface area contributed by atoms with Crippen molar-refractivity contribution in [3.05, 3.63) is 54.6 Å². The third-order valence-corrected chi connectivity index (χ3v) is 5.32. The Hall–Kier alpha value is -2.82. The fraction of sp³-hybridized carbons (Fsp3) is 0.364. The van der Waals surface area contributed by atoms with Crippen LogP contribution in [0.25, 0.3) is 10.9 Å². The molecule has 5 nitrogen and oxygen atoms in total. The van der Waals surface area contributed by atoms with Crippen molar-refractivity contribution in [2.24, 2.45) is 0 Å². The van der Waals surface area contributed by atoms with Crippen LogP contribution in [-0.2, 0) is 0 Å². The Morgan fingerprint density at radius 1 is 0.778 bits per heavy atom. The Balaban J connectivity index is 1.61. The van der Waals surface area contributed by atoms with Gasteiger partial charge < -0.3 is 14.7 Å². The Morgan fingerprint density at radius 3 is 2.11 bits per heavy atom. The number of para-hydroxylation sites is 2. The molecule has 27 heavy (non-hydrogen) atoms. The molecule has 140 valence electrons. The number of fused-ring (bicyclic) bond motifs is 1. The van der Waals surface area contributed by atoms with Crippen LogP contribution >= 0.6 is 0 Å². The number of benzene rings is 2. The summed E-state index contributed by atoms with van der Waals surface area (Å²) in [5.41, 5.74) is 2.32. The minimum absolute atomic E-state index is 0.850. The normalized spacial score (nSPS) is 14.6. The lowest BCUT2D eigenvalue weighted by atomic mass is 10.2. The van der Waals surface area contributed by atoms with Gasteiger partial charge in [-0.1, -0.05) is 30.3 Å². The zero-order valence-electron chi connectivity index (χ0n) is 16.2. The summed E-state index contributed by atoms with van der Waals surface area (Å²) < 4.78 is 0. The summed E-state index contributed by atoms with van der Waals surface area (Å²) in [5, 5.41) is 1.13. The van der Waals surface area contributed by atoms with Gasteiger partial charge in [0.1, 0.15) is 5.82 Å². The smallest absolute Gasteiger partial charge is 0.228 e. The summed E-state index contributed by atoms with van der Waals surface area (Å²) in [7, 11) is 0. The van der Waals surface area contributed by atoms with Crippen molar-refractivity contribution < 1.29 is 0 Å². The van der Waals surface area contributed by atoms with E-state index in [9.17, 15) is 0 Å². The first-order chi connectivity index (χ1) is 13.3. The first kappa shape index (κ1) is 17.6. The highest BCUT2D eigenvalue weighted by Crippen LogP contribution is 2.27. The molecular weight excluding hydrogens is 334 g/mol. The van der Waals surface area contributed by atoms with Crippen LogP contribution in [-0.4, -0.2) is 49.2 Å². The molecule has 0 atom stereocenters. The van der Waals surface area contributed by atoms with Crippen LogP contribution < -0.4 is 14.7 Å². The van der Waals surface area contributed by atoms with E-state index >= 15 is 0 Å². The minimum atomic E-state index is 0.850. The molecular formula is C22H27N5. The van der Waals surface area contributed by atoms with Crippen molar-refractivity contribution in [1.29, 1.82) is 0 Å². The molecule has 2 aromatic carbocycles.